The summed E-state index contributed by atoms with van der Waals surface area (Å²) in [6, 6.07) is 18.1. The Labute approximate surface area is 489 Å². The molecular weight excluding hydrogens is 1060 g/mol. The number of unbranched alkanes of at least 4 members (excludes halogenated alkanes) is 2. The summed E-state index contributed by atoms with van der Waals surface area (Å²) in [4.78, 5) is 44.3. The maximum Gasteiger partial charge on any atom is 2.00 e. The third kappa shape index (κ3) is 10.2. The third-order valence-electron chi connectivity index (χ3n) is 17.0. The molecule has 0 fully saturated rings. The van der Waals surface area contributed by atoms with Gasteiger partial charge >= 0.3 is 39.0 Å². The van der Waals surface area contributed by atoms with Crippen LogP contribution in [0.25, 0.3) is 99.8 Å². The molecule has 0 saturated heterocycles. The number of rotatable bonds is 15. The van der Waals surface area contributed by atoms with Crippen molar-refractivity contribution in [2.24, 2.45) is 0 Å². The van der Waals surface area contributed by atoms with Crippen LogP contribution in [-0.4, -0.2) is 19.9 Å². The van der Waals surface area contributed by atoms with Crippen molar-refractivity contribution >= 4 is 88.7 Å². The molecule has 0 atom stereocenters. The van der Waals surface area contributed by atoms with E-state index in [2.05, 4.69) is 145 Å². The average Bonchev–Trinajstić information content (AvgIpc) is 4.36. The van der Waals surface area contributed by atoms with Gasteiger partial charge < -0.3 is 19.9 Å². The average molecular weight is 1140 g/mol. The Balaban J connectivity index is 0.00000401. The van der Waals surface area contributed by atoms with E-state index in [0.29, 0.717) is 0 Å². The van der Waals surface area contributed by atoms with Crippen LogP contribution in [0.4, 0.5) is 0 Å². The summed E-state index contributed by atoms with van der Waals surface area (Å²) in [6.07, 6.45) is 13.3. The topological polar surface area (TPSA) is 108 Å². The second-order valence-corrected chi connectivity index (χ2v) is 21.3. The van der Waals surface area contributed by atoms with E-state index >= 15 is 0 Å². The number of nitrogens with zero attached hydrogens (tertiary/aromatic N) is 8. The SMILES string of the molecule is CCCCC1=C(C)c2cc3[n-]c(cc4nc(cc5[n-]c(cc1n2)c(C)c5-c1c(C)c2cc5nc(cc6[n-]c(cc7nc(cc1[n-]2)C(CCCC)=C7C)c(CC)c6CC)C(CC)=C5CC)C(CC)=C4CC)c(CC)c3CC.[Zn+2].[Zn+2]. The van der Waals surface area contributed by atoms with Gasteiger partial charge in [-0.05, 0) is 160 Å². The number of hydrogen-bond donors (Lipinski definition) is 0. The molecule has 0 amide bonds. The van der Waals surface area contributed by atoms with Crippen molar-refractivity contribution in [3.63, 3.8) is 0 Å². The third-order valence-corrected chi connectivity index (χ3v) is 17.0. The molecule has 0 spiro atoms. The molecular formula is C68H78N8Zn2. The molecule has 16 bridgehead atoms. The van der Waals surface area contributed by atoms with E-state index in [1.807, 2.05) is 0 Å². The fourth-order valence-electron chi connectivity index (χ4n) is 12.9. The van der Waals surface area contributed by atoms with Crippen molar-refractivity contribution in [1.82, 2.24) is 39.9 Å². The van der Waals surface area contributed by atoms with E-state index < -0.39 is 0 Å². The van der Waals surface area contributed by atoms with Crippen LogP contribution in [0.5, 0.6) is 0 Å². The minimum atomic E-state index is 0. The van der Waals surface area contributed by atoms with Gasteiger partial charge in [0.05, 0.1) is 45.6 Å². The van der Waals surface area contributed by atoms with Gasteiger partial charge in [0.2, 0.25) is 0 Å². The summed E-state index contributed by atoms with van der Waals surface area (Å²) in [6.45, 7) is 31.6. The Kier molecular flexibility index (Phi) is 18.4. The van der Waals surface area contributed by atoms with E-state index in [-0.39, 0.29) is 39.0 Å². The Morgan fingerprint density at radius 1 is 0.295 bits per heavy atom. The van der Waals surface area contributed by atoms with E-state index in [0.717, 1.165) is 202 Å². The quantitative estimate of drug-likeness (QED) is 0.0936. The number of aromatic nitrogens is 8. The molecule has 394 valence electrons. The first-order chi connectivity index (χ1) is 36.9. The minimum absolute atomic E-state index is 0. The second kappa shape index (κ2) is 24.4. The van der Waals surface area contributed by atoms with Gasteiger partial charge in [-0.15, -0.1) is 44.1 Å². The fourth-order valence-corrected chi connectivity index (χ4v) is 12.9. The molecule has 8 nitrogen and oxygen atoms in total. The zero-order chi connectivity index (χ0) is 53.7. The Hall–Kier alpha value is -5.55. The van der Waals surface area contributed by atoms with Crippen molar-refractivity contribution in [2.75, 3.05) is 0 Å². The fraction of sp³-hybridized carbons (Fsp3) is 0.412. The summed E-state index contributed by atoms with van der Waals surface area (Å²) in [5.41, 5.74) is 35.1. The Morgan fingerprint density at radius 2 is 0.538 bits per heavy atom. The maximum absolute atomic E-state index is 5.70. The van der Waals surface area contributed by atoms with E-state index in [9.17, 15) is 0 Å². The van der Waals surface area contributed by atoms with Crippen LogP contribution < -0.4 is 19.9 Å². The van der Waals surface area contributed by atoms with Gasteiger partial charge in [0, 0.05) is 0 Å². The van der Waals surface area contributed by atoms with E-state index in [1.54, 1.807) is 0 Å². The van der Waals surface area contributed by atoms with E-state index in [1.165, 1.54) is 66.8 Å². The van der Waals surface area contributed by atoms with Crippen LogP contribution >= 0.6 is 0 Å². The summed E-state index contributed by atoms with van der Waals surface area (Å²) < 4.78 is 0. The number of allylic oxidation sites excluding steroid dienone is 8. The Bertz CT molecular complexity index is 3820. The minimum Gasteiger partial charge on any atom is -0.657 e. The molecule has 4 aliphatic rings. The molecule has 0 N–H and O–H groups in total. The van der Waals surface area contributed by atoms with Gasteiger partial charge in [-0.3, -0.25) is 0 Å². The molecule has 0 aromatic carbocycles. The molecule has 0 radical (unpaired) electrons. The van der Waals surface area contributed by atoms with Gasteiger partial charge in [-0.1, -0.05) is 164 Å². The molecule has 78 heavy (non-hydrogen) atoms. The largest absolute Gasteiger partial charge is 2.00 e. The predicted molar refractivity (Wildman–Crippen MR) is 323 cm³/mol. The maximum atomic E-state index is 5.70. The first-order valence-corrected chi connectivity index (χ1v) is 29.1. The normalized spacial score (nSPS) is 13.6. The molecule has 0 saturated carbocycles. The van der Waals surface area contributed by atoms with Crippen LogP contribution in [0.2, 0.25) is 0 Å². The van der Waals surface area contributed by atoms with Crippen LogP contribution in [0.1, 0.15) is 226 Å². The molecule has 10 rings (SSSR count). The summed E-state index contributed by atoms with van der Waals surface area (Å²) >= 11 is 0. The molecule has 10 heteroatoms. The molecule has 0 unspecified atom stereocenters. The zero-order valence-corrected chi connectivity index (χ0v) is 55.4. The first kappa shape index (κ1) is 58.6. The van der Waals surface area contributed by atoms with Gasteiger partial charge in [-0.2, -0.15) is 0 Å². The Morgan fingerprint density at radius 3 is 0.821 bits per heavy atom. The monoisotopic (exact) mass is 1130 g/mol. The first-order valence-electron chi connectivity index (χ1n) is 29.1. The smallest absolute Gasteiger partial charge is 0.657 e. The van der Waals surface area contributed by atoms with Crippen LogP contribution in [0, 0.1) is 13.8 Å². The van der Waals surface area contributed by atoms with E-state index in [4.69, 9.17) is 39.9 Å². The number of aryl methyl sites for hydroxylation is 6. The van der Waals surface area contributed by atoms with Crippen molar-refractivity contribution in [2.45, 2.75) is 187 Å². The van der Waals surface area contributed by atoms with Gasteiger partial charge in [0.25, 0.3) is 0 Å². The number of hydrogen-bond acceptors (Lipinski definition) is 4. The second-order valence-electron chi connectivity index (χ2n) is 21.3. The van der Waals surface area contributed by atoms with Crippen LogP contribution in [0.3, 0.4) is 0 Å². The van der Waals surface area contributed by atoms with Crippen LogP contribution in [0.15, 0.2) is 48.5 Å². The van der Waals surface area contributed by atoms with Crippen molar-refractivity contribution in [3.8, 4) is 11.1 Å². The molecule has 0 aliphatic carbocycles. The number of fused-ring (bicyclic) bond motifs is 16. The predicted octanol–water partition coefficient (Wildman–Crippen LogP) is 17.7. The summed E-state index contributed by atoms with van der Waals surface area (Å²) in [5, 5.41) is 0. The van der Waals surface area contributed by atoms with Gasteiger partial charge in [-0.25, -0.2) is 19.9 Å². The van der Waals surface area contributed by atoms with Crippen molar-refractivity contribution in [1.29, 1.82) is 0 Å². The molecule has 10 heterocycles. The summed E-state index contributed by atoms with van der Waals surface area (Å²) in [7, 11) is 0. The molecule has 6 aromatic rings. The zero-order valence-electron chi connectivity index (χ0n) is 49.5. The van der Waals surface area contributed by atoms with Crippen molar-refractivity contribution < 1.29 is 39.0 Å². The van der Waals surface area contributed by atoms with Gasteiger partial charge in [0.15, 0.2) is 0 Å². The summed E-state index contributed by atoms with van der Waals surface area (Å²) in [5.74, 6) is 0. The van der Waals surface area contributed by atoms with Crippen LogP contribution in [-0.2, 0) is 64.6 Å². The van der Waals surface area contributed by atoms with Crippen molar-refractivity contribution in [3.05, 3.63) is 127 Å². The molecule has 4 aliphatic heterocycles. The standard InChI is InChI=1S/C68H78N8.2Zn/c1-15-25-27-49-37(11)51-29-55-41(17-3)45(21-7)59(73-55)34-61-47(23-9)48(24-10)62(76-61)35-65-67(40(14)54(72-65)32-63(49)69-51)68-39(13)53-31-57-43(19-5)46(22-8)60(75-57)33-58-44(20-6)42(18-4)56(74-58)30-52-38(12)50(28-26-16-2)64(70-52)36-66(68)71-53;;/h29-36H,15-28H2,1-14H3;;/q-4;2*+2. The van der Waals surface area contributed by atoms with Gasteiger partial charge in [0.1, 0.15) is 0 Å². The molecule has 6 aromatic heterocycles.